The van der Waals surface area contributed by atoms with Crippen molar-refractivity contribution in [2.24, 2.45) is 0 Å². The van der Waals surface area contributed by atoms with Crippen molar-refractivity contribution in [3.63, 3.8) is 0 Å². The van der Waals surface area contributed by atoms with Crippen LogP contribution in [0.3, 0.4) is 0 Å². The third kappa shape index (κ3) is 2.27. The SMILES string of the molecule is CCc1nc(/C=C/C=O)cs1. The number of aromatic nitrogens is 1. The summed E-state index contributed by atoms with van der Waals surface area (Å²) < 4.78 is 0. The molecule has 0 aliphatic rings. The van der Waals surface area contributed by atoms with Crippen molar-refractivity contribution in [1.29, 1.82) is 0 Å². The van der Waals surface area contributed by atoms with Gasteiger partial charge in [0.15, 0.2) is 0 Å². The molecule has 3 heteroatoms. The molecule has 1 rings (SSSR count). The van der Waals surface area contributed by atoms with E-state index in [1.165, 1.54) is 6.08 Å². The van der Waals surface area contributed by atoms with Crippen molar-refractivity contribution in [2.45, 2.75) is 13.3 Å². The molecule has 1 aromatic rings. The first-order valence-electron chi connectivity index (χ1n) is 3.43. The van der Waals surface area contributed by atoms with E-state index in [1.807, 2.05) is 5.38 Å². The average Bonchev–Trinajstić information content (AvgIpc) is 2.48. The summed E-state index contributed by atoms with van der Waals surface area (Å²) in [5.41, 5.74) is 0.874. The van der Waals surface area contributed by atoms with E-state index in [9.17, 15) is 4.79 Å². The van der Waals surface area contributed by atoms with Crippen molar-refractivity contribution in [1.82, 2.24) is 4.98 Å². The number of nitrogens with zero attached hydrogens (tertiary/aromatic N) is 1. The first kappa shape index (κ1) is 8.14. The molecular formula is C8H9NOS. The Balaban J connectivity index is 2.72. The fourth-order valence-corrected chi connectivity index (χ4v) is 1.41. The molecule has 0 atom stereocenters. The van der Waals surface area contributed by atoms with E-state index < -0.39 is 0 Å². The van der Waals surface area contributed by atoms with E-state index in [2.05, 4.69) is 11.9 Å². The molecule has 0 radical (unpaired) electrons. The number of rotatable bonds is 3. The van der Waals surface area contributed by atoms with E-state index in [4.69, 9.17) is 0 Å². The number of hydrogen-bond acceptors (Lipinski definition) is 3. The topological polar surface area (TPSA) is 30.0 Å². The van der Waals surface area contributed by atoms with Gasteiger partial charge in [-0.1, -0.05) is 6.92 Å². The maximum atomic E-state index is 9.94. The second-order valence-corrected chi connectivity index (χ2v) is 2.96. The van der Waals surface area contributed by atoms with Crippen LogP contribution in [0.25, 0.3) is 6.08 Å². The van der Waals surface area contributed by atoms with Crippen LogP contribution >= 0.6 is 11.3 Å². The van der Waals surface area contributed by atoms with Gasteiger partial charge in [-0.05, 0) is 18.6 Å². The fourth-order valence-electron chi connectivity index (χ4n) is 0.702. The second-order valence-electron chi connectivity index (χ2n) is 2.01. The molecule has 2 nitrogen and oxygen atoms in total. The first-order chi connectivity index (χ1) is 5.36. The van der Waals surface area contributed by atoms with Crippen molar-refractivity contribution >= 4 is 23.7 Å². The molecule has 0 saturated heterocycles. The van der Waals surface area contributed by atoms with Crippen molar-refractivity contribution in [3.05, 3.63) is 22.2 Å². The van der Waals surface area contributed by atoms with E-state index in [-0.39, 0.29) is 0 Å². The number of carbonyl (C=O) groups is 1. The van der Waals surface area contributed by atoms with Crippen molar-refractivity contribution < 1.29 is 4.79 Å². The minimum atomic E-state index is 0.755. The lowest BCUT2D eigenvalue weighted by Crippen LogP contribution is -1.76. The van der Waals surface area contributed by atoms with Gasteiger partial charge in [0.1, 0.15) is 6.29 Å². The smallest absolute Gasteiger partial charge is 0.142 e. The molecule has 0 amide bonds. The summed E-state index contributed by atoms with van der Waals surface area (Å²) in [7, 11) is 0. The lowest BCUT2D eigenvalue weighted by molar-refractivity contribution is -0.104. The molecular weight excluding hydrogens is 158 g/mol. The highest BCUT2D eigenvalue weighted by Crippen LogP contribution is 2.10. The molecule has 11 heavy (non-hydrogen) atoms. The van der Waals surface area contributed by atoms with Gasteiger partial charge in [0.2, 0.25) is 0 Å². The predicted octanol–water partition coefficient (Wildman–Crippen LogP) is 1.92. The number of allylic oxidation sites excluding steroid dienone is 1. The van der Waals surface area contributed by atoms with Gasteiger partial charge in [-0.25, -0.2) is 4.98 Å². The van der Waals surface area contributed by atoms with Gasteiger partial charge >= 0.3 is 0 Å². The summed E-state index contributed by atoms with van der Waals surface area (Å²) in [6.07, 6.45) is 4.88. The van der Waals surface area contributed by atoms with Crippen LogP contribution in [0, 0.1) is 0 Å². The van der Waals surface area contributed by atoms with Gasteiger partial charge in [0, 0.05) is 5.38 Å². The first-order valence-corrected chi connectivity index (χ1v) is 4.31. The Bertz CT molecular complexity index is 265. The summed E-state index contributed by atoms with van der Waals surface area (Å²) in [6.45, 7) is 2.06. The molecule has 1 heterocycles. The fraction of sp³-hybridized carbons (Fsp3) is 0.250. The summed E-state index contributed by atoms with van der Waals surface area (Å²) in [4.78, 5) is 14.2. The number of thiazole rings is 1. The summed E-state index contributed by atoms with van der Waals surface area (Å²) in [5.74, 6) is 0. The van der Waals surface area contributed by atoms with Crippen LogP contribution in [0.2, 0.25) is 0 Å². The number of aryl methyl sites for hydroxylation is 1. The van der Waals surface area contributed by atoms with E-state index >= 15 is 0 Å². The Morgan fingerprint density at radius 3 is 3.09 bits per heavy atom. The highest BCUT2D eigenvalue weighted by Gasteiger charge is 1.94. The maximum Gasteiger partial charge on any atom is 0.142 e. The minimum Gasteiger partial charge on any atom is -0.299 e. The summed E-state index contributed by atoms with van der Waals surface area (Å²) in [5, 5.41) is 3.05. The zero-order valence-corrected chi connectivity index (χ0v) is 7.10. The van der Waals surface area contributed by atoms with Gasteiger partial charge < -0.3 is 0 Å². The molecule has 0 aliphatic carbocycles. The zero-order valence-electron chi connectivity index (χ0n) is 6.28. The van der Waals surface area contributed by atoms with E-state index in [0.717, 1.165) is 23.4 Å². The Morgan fingerprint density at radius 1 is 1.73 bits per heavy atom. The number of hydrogen-bond donors (Lipinski definition) is 0. The lowest BCUT2D eigenvalue weighted by Gasteiger charge is -1.81. The highest BCUT2D eigenvalue weighted by molar-refractivity contribution is 7.09. The van der Waals surface area contributed by atoms with Crippen LogP contribution in [0.5, 0.6) is 0 Å². The maximum absolute atomic E-state index is 9.94. The normalized spacial score (nSPS) is 10.6. The average molecular weight is 167 g/mol. The molecule has 0 bridgehead atoms. The molecule has 0 spiro atoms. The quantitative estimate of drug-likeness (QED) is 0.508. The van der Waals surface area contributed by atoms with Crippen LogP contribution in [-0.2, 0) is 11.2 Å². The molecule has 0 aromatic carbocycles. The van der Waals surface area contributed by atoms with Crippen molar-refractivity contribution in [3.8, 4) is 0 Å². The zero-order chi connectivity index (χ0) is 8.10. The van der Waals surface area contributed by atoms with Gasteiger partial charge in [-0.15, -0.1) is 11.3 Å². The van der Waals surface area contributed by atoms with E-state index in [0.29, 0.717) is 0 Å². The van der Waals surface area contributed by atoms with Gasteiger partial charge in [0.05, 0.1) is 10.7 Å². The molecule has 0 saturated carbocycles. The largest absolute Gasteiger partial charge is 0.299 e. The Kier molecular flexibility index (Phi) is 2.98. The summed E-state index contributed by atoms with van der Waals surface area (Å²) in [6, 6.07) is 0. The lowest BCUT2D eigenvalue weighted by atomic mass is 10.4. The standard InChI is InChI=1S/C8H9NOS/c1-2-8-9-7(6-11-8)4-3-5-10/h3-6H,2H2,1H3/b4-3+. The van der Waals surface area contributed by atoms with Crippen LogP contribution in [0.1, 0.15) is 17.6 Å². The second kappa shape index (κ2) is 4.03. The van der Waals surface area contributed by atoms with Gasteiger partial charge in [-0.2, -0.15) is 0 Å². The molecule has 58 valence electrons. The van der Waals surface area contributed by atoms with Crippen molar-refractivity contribution in [2.75, 3.05) is 0 Å². The van der Waals surface area contributed by atoms with Crippen LogP contribution < -0.4 is 0 Å². The third-order valence-electron chi connectivity index (χ3n) is 1.22. The monoisotopic (exact) mass is 167 g/mol. The molecule has 0 aliphatic heterocycles. The Labute approximate surface area is 69.6 Å². The van der Waals surface area contributed by atoms with Gasteiger partial charge in [-0.3, -0.25) is 4.79 Å². The van der Waals surface area contributed by atoms with Gasteiger partial charge in [0.25, 0.3) is 0 Å². The molecule has 1 aromatic heterocycles. The van der Waals surface area contributed by atoms with Crippen LogP contribution in [-0.4, -0.2) is 11.3 Å². The minimum absolute atomic E-state index is 0.755. The van der Waals surface area contributed by atoms with E-state index in [1.54, 1.807) is 17.4 Å². The number of aldehydes is 1. The van der Waals surface area contributed by atoms with Crippen LogP contribution in [0.4, 0.5) is 0 Å². The van der Waals surface area contributed by atoms with Crippen LogP contribution in [0.15, 0.2) is 11.5 Å². The molecule has 0 fully saturated rings. The number of carbonyl (C=O) groups excluding carboxylic acids is 1. The predicted molar refractivity (Wildman–Crippen MR) is 46.6 cm³/mol. The Morgan fingerprint density at radius 2 is 2.55 bits per heavy atom. The molecule has 0 N–H and O–H groups in total. The molecule has 0 unspecified atom stereocenters. The Hall–Kier alpha value is -0.960. The highest BCUT2D eigenvalue weighted by atomic mass is 32.1. The summed E-state index contributed by atoms with van der Waals surface area (Å²) >= 11 is 1.62. The third-order valence-corrected chi connectivity index (χ3v) is 2.23.